The van der Waals surface area contributed by atoms with Gasteiger partial charge in [0.05, 0.1) is 18.3 Å². The molecule has 1 aromatic heterocycles. The standard InChI is InChI=1S/C13H12ClFN2O/c1-2-13(18)10-6-16-17(8-10)7-9-3-4-11(14)5-12(9)15/h3-6,8H,2,7H2,1H3. The van der Waals surface area contributed by atoms with E-state index < -0.39 is 0 Å². The molecule has 5 heteroatoms. The molecule has 0 fully saturated rings. The van der Waals surface area contributed by atoms with Gasteiger partial charge in [0.15, 0.2) is 5.78 Å². The van der Waals surface area contributed by atoms with Gasteiger partial charge < -0.3 is 0 Å². The molecule has 0 N–H and O–H groups in total. The molecule has 1 aromatic carbocycles. The van der Waals surface area contributed by atoms with Crippen molar-refractivity contribution in [1.29, 1.82) is 0 Å². The van der Waals surface area contributed by atoms with Gasteiger partial charge in [0, 0.05) is 23.2 Å². The molecule has 0 saturated carbocycles. The van der Waals surface area contributed by atoms with Crippen LogP contribution in [-0.4, -0.2) is 15.6 Å². The second-order valence-electron chi connectivity index (χ2n) is 3.94. The van der Waals surface area contributed by atoms with Crippen molar-refractivity contribution in [2.75, 3.05) is 0 Å². The van der Waals surface area contributed by atoms with Crippen LogP contribution in [0.15, 0.2) is 30.6 Å². The summed E-state index contributed by atoms with van der Waals surface area (Å²) in [7, 11) is 0. The van der Waals surface area contributed by atoms with Gasteiger partial charge in [0.1, 0.15) is 5.82 Å². The molecule has 0 bridgehead atoms. The van der Waals surface area contributed by atoms with Crippen molar-refractivity contribution in [2.24, 2.45) is 0 Å². The van der Waals surface area contributed by atoms with E-state index in [-0.39, 0.29) is 18.1 Å². The third-order valence-electron chi connectivity index (χ3n) is 2.62. The van der Waals surface area contributed by atoms with E-state index in [0.717, 1.165) is 0 Å². The highest BCUT2D eigenvalue weighted by atomic mass is 35.5. The van der Waals surface area contributed by atoms with Gasteiger partial charge in [0.25, 0.3) is 0 Å². The Morgan fingerprint density at radius 1 is 1.50 bits per heavy atom. The molecule has 0 aliphatic carbocycles. The first kappa shape index (κ1) is 12.8. The predicted octanol–water partition coefficient (Wildman–Crippen LogP) is 3.32. The van der Waals surface area contributed by atoms with E-state index in [1.807, 2.05) is 0 Å². The number of carbonyl (C=O) groups is 1. The van der Waals surface area contributed by atoms with Crippen molar-refractivity contribution < 1.29 is 9.18 Å². The van der Waals surface area contributed by atoms with Crippen LogP contribution in [0.2, 0.25) is 5.02 Å². The lowest BCUT2D eigenvalue weighted by Crippen LogP contribution is -2.02. The van der Waals surface area contributed by atoms with Gasteiger partial charge in [0.2, 0.25) is 0 Å². The Morgan fingerprint density at radius 3 is 2.94 bits per heavy atom. The molecular weight excluding hydrogens is 255 g/mol. The zero-order valence-electron chi connectivity index (χ0n) is 9.86. The first-order valence-electron chi connectivity index (χ1n) is 5.59. The van der Waals surface area contributed by atoms with Crippen molar-refractivity contribution in [3.05, 3.63) is 52.6 Å². The van der Waals surface area contributed by atoms with Crippen LogP contribution in [0.5, 0.6) is 0 Å². The summed E-state index contributed by atoms with van der Waals surface area (Å²) in [6.45, 7) is 2.07. The maximum absolute atomic E-state index is 13.6. The SMILES string of the molecule is CCC(=O)c1cnn(Cc2ccc(Cl)cc2F)c1. The summed E-state index contributed by atoms with van der Waals surface area (Å²) in [6.07, 6.45) is 3.56. The van der Waals surface area contributed by atoms with Gasteiger partial charge in [-0.2, -0.15) is 5.10 Å². The summed E-state index contributed by atoms with van der Waals surface area (Å²) in [6, 6.07) is 4.50. The van der Waals surface area contributed by atoms with Crippen molar-refractivity contribution in [3.8, 4) is 0 Å². The summed E-state index contributed by atoms with van der Waals surface area (Å²) in [5, 5.41) is 4.40. The lowest BCUT2D eigenvalue weighted by molar-refractivity contribution is 0.0988. The van der Waals surface area contributed by atoms with Crippen molar-refractivity contribution in [2.45, 2.75) is 19.9 Å². The molecule has 0 atom stereocenters. The van der Waals surface area contributed by atoms with Crippen LogP contribution in [0.1, 0.15) is 29.3 Å². The van der Waals surface area contributed by atoms with Gasteiger partial charge in [-0.05, 0) is 12.1 Å². The topological polar surface area (TPSA) is 34.9 Å². The number of benzene rings is 1. The van der Waals surface area contributed by atoms with E-state index in [9.17, 15) is 9.18 Å². The minimum absolute atomic E-state index is 0.0258. The summed E-state index contributed by atoms with van der Waals surface area (Å²) in [4.78, 5) is 11.4. The van der Waals surface area contributed by atoms with Crippen molar-refractivity contribution in [3.63, 3.8) is 0 Å². The van der Waals surface area contributed by atoms with Crippen LogP contribution in [0.4, 0.5) is 4.39 Å². The van der Waals surface area contributed by atoms with E-state index in [2.05, 4.69) is 5.10 Å². The van der Waals surface area contributed by atoms with Gasteiger partial charge in [-0.15, -0.1) is 0 Å². The average Bonchev–Trinajstić information content (AvgIpc) is 2.80. The lowest BCUT2D eigenvalue weighted by Gasteiger charge is -2.03. The van der Waals surface area contributed by atoms with Crippen molar-refractivity contribution in [1.82, 2.24) is 9.78 Å². The summed E-state index contributed by atoms with van der Waals surface area (Å²) >= 11 is 5.68. The normalized spacial score (nSPS) is 10.6. The quantitative estimate of drug-likeness (QED) is 0.796. The van der Waals surface area contributed by atoms with E-state index in [1.165, 1.54) is 16.9 Å². The third-order valence-corrected chi connectivity index (χ3v) is 2.86. The Kier molecular flexibility index (Phi) is 3.77. The zero-order chi connectivity index (χ0) is 13.1. The molecule has 0 unspecified atom stereocenters. The van der Waals surface area contributed by atoms with Crippen molar-refractivity contribution >= 4 is 17.4 Å². The largest absolute Gasteiger partial charge is 0.294 e. The van der Waals surface area contributed by atoms with Gasteiger partial charge in [-0.25, -0.2) is 4.39 Å². The molecule has 2 aromatic rings. The molecule has 3 nitrogen and oxygen atoms in total. The highest BCUT2D eigenvalue weighted by Gasteiger charge is 2.08. The maximum Gasteiger partial charge on any atom is 0.165 e. The second kappa shape index (κ2) is 5.31. The molecule has 1 heterocycles. The Bertz CT molecular complexity index is 580. The van der Waals surface area contributed by atoms with Gasteiger partial charge in [-0.1, -0.05) is 24.6 Å². The van der Waals surface area contributed by atoms with Crippen LogP contribution >= 0.6 is 11.6 Å². The Balaban J connectivity index is 2.18. The number of hydrogen-bond acceptors (Lipinski definition) is 2. The molecule has 94 valence electrons. The fourth-order valence-electron chi connectivity index (χ4n) is 1.62. The van der Waals surface area contributed by atoms with E-state index in [1.54, 1.807) is 25.3 Å². The van der Waals surface area contributed by atoms with Crippen LogP contribution < -0.4 is 0 Å². The Hall–Kier alpha value is -1.68. The van der Waals surface area contributed by atoms with E-state index in [4.69, 9.17) is 11.6 Å². The van der Waals surface area contributed by atoms with Crippen LogP contribution in [0, 0.1) is 5.82 Å². The number of rotatable bonds is 4. The number of carbonyl (C=O) groups excluding carboxylic acids is 1. The number of ketones is 1. The summed E-state index contributed by atoms with van der Waals surface area (Å²) in [5.41, 5.74) is 1.03. The molecule has 0 spiro atoms. The molecular formula is C13H12ClFN2O. The molecule has 2 rings (SSSR count). The summed E-state index contributed by atoms with van der Waals surface area (Å²) in [5.74, 6) is -0.348. The minimum atomic E-state index is -0.374. The molecule has 0 aliphatic heterocycles. The highest BCUT2D eigenvalue weighted by Crippen LogP contribution is 2.15. The van der Waals surface area contributed by atoms with E-state index in [0.29, 0.717) is 22.6 Å². The Labute approximate surface area is 109 Å². The second-order valence-corrected chi connectivity index (χ2v) is 4.38. The van der Waals surface area contributed by atoms with Gasteiger partial charge >= 0.3 is 0 Å². The maximum atomic E-state index is 13.6. The summed E-state index contributed by atoms with van der Waals surface area (Å²) < 4.78 is 15.1. The first-order valence-corrected chi connectivity index (χ1v) is 5.97. The van der Waals surface area contributed by atoms with Crippen LogP contribution in [-0.2, 0) is 6.54 Å². The average molecular weight is 267 g/mol. The fourth-order valence-corrected chi connectivity index (χ4v) is 1.78. The predicted molar refractivity (Wildman–Crippen MR) is 67.4 cm³/mol. The Morgan fingerprint density at radius 2 is 2.28 bits per heavy atom. The molecule has 0 aliphatic rings. The smallest absolute Gasteiger partial charge is 0.165 e. The number of nitrogens with zero attached hydrogens (tertiary/aromatic N) is 2. The first-order chi connectivity index (χ1) is 8.60. The number of halogens is 2. The number of aromatic nitrogens is 2. The van der Waals surface area contributed by atoms with Gasteiger partial charge in [-0.3, -0.25) is 9.48 Å². The zero-order valence-corrected chi connectivity index (χ0v) is 10.6. The highest BCUT2D eigenvalue weighted by molar-refractivity contribution is 6.30. The molecule has 0 saturated heterocycles. The molecule has 0 radical (unpaired) electrons. The lowest BCUT2D eigenvalue weighted by atomic mass is 10.2. The van der Waals surface area contributed by atoms with Crippen LogP contribution in [0.3, 0.4) is 0 Å². The monoisotopic (exact) mass is 266 g/mol. The molecule has 18 heavy (non-hydrogen) atoms. The molecule has 0 amide bonds. The minimum Gasteiger partial charge on any atom is -0.294 e. The third kappa shape index (κ3) is 2.76. The van der Waals surface area contributed by atoms with E-state index >= 15 is 0 Å². The fraction of sp³-hybridized carbons (Fsp3) is 0.231. The van der Waals surface area contributed by atoms with Crippen LogP contribution in [0.25, 0.3) is 0 Å². The number of hydrogen-bond donors (Lipinski definition) is 0. The number of Topliss-reactive ketones (excluding diaryl/α,β-unsaturated/α-hetero) is 1.